The van der Waals surface area contributed by atoms with E-state index in [4.69, 9.17) is 4.74 Å². The third kappa shape index (κ3) is 4.97. The highest BCUT2D eigenvalue weighted by molar-refractivity contribution is 5.00. The van der Waals surface area contributed by atoms with E-state index >= 15 is 0 Å². The molecule has 0 bridgehead atoms. The van der Waals surface area contributed by atoms with Crippen molar-refractivity contribution in [3.05, 3.63) is 12.2 Å². The second kappa shape index (κ2) is 10.0. The molecule has 30 heavy (non-hydrogen) atoms. The average Bonchev–Trinajstić information content (AvgIpc) is 2.75. The molecule has 3 saturated carbocycles. The van der Waals surface area contributed by atoms with Crippen LogP contribution in [-0.2, 0) is 4.74 Å². The zero-order chi connectivity index (χ0) is 21.1. The first kappa shape index (κ1) is 22.7. The first-order valence-electron chi connectivity index (χ1n) is 13.2. The van der Waals surface area contributed by atoms with Crippen molar-refractivity contribution < 1.29 is 13.5 Å². The minimum atomic E-state index is -2.88. The van der Waals surface area contributed by atoms with Crippen molar-refractivity contribution in [3.8, 4) is 0 Å². The highest BCUT2D eigenvalue weighted by Crippen LogP contribution is 2.55. The fourth-order valence-corrected chi connectivity index (χ4v) is 7.65. The normalized spacial score (nSPS) is 44.7. The highest BCUT2D eigenvalue weighted by atomic mass is 19.3. The first-order valence-corrected chi connectivity index (χ1v) is 13.2. The molecule has 1 heterocycles. The molecule has 0 radical (unpaired) electrons. The highest BCUT2D eigenvalue weighted by Gasteiger charge is 2.62. The summed E-state index contributed by atoms with van der Waals surface area (Å²) < 4.78 is 34.2. The van der Waals surface area contributed by atoms with Crippen molar-refractivity contribution >= 4 is 0 Å². The summed E-state index contributed by atoms with van der Waals surface area (Å²) in [5, 5.41) is 0. The molecule has 172 valence electrons. The van der Waals surface area contributed by atoms with Gasteiger partial charge in [-0.25, -0.2) is 0 Å². The van der Waals surface area contributed by atoms with Crippen molar-refractivity contribution in [2.45, 2.75) is 116 Å². The summed E-state index contributed by atoms with van der Waals surface area (Å²) in [6.07, 6.45) is 18.5. The number of hydrogen-bond donors (Lipinski definition) is 0. The van der Waals surface area contributed by atoms with Gasteiger partial charge in [0.25, 0.3) is 0 Å². The van der Waals surface area contributed by atoms with Crippen LogP contribution in [0.5, 0.6) is 0 Å². The lowest BCUT2D eigenvalue weighted by Crippen LogP contribution is -2.61. The molecule has 4 fully saturated rings. The van der Waals surface area contributed by atoms with Crippen LogP contribution in [0.1, 0.15) is 104 Å². The van der Waals surface area contributed by atoms with Crippen molar-refractivity contribution in [1.29, 1.82) is 0 Å². The fourth-order valence-electron chi connectivity index (χ4n) is 7.65. The molecule has 0 aromatic rings. The van der Waals surface area contributed by atoms with Gasteiger partial charge in [-0.2, -0.15) is 8.78 Å². The number of halogens is 2. The standard InChI is InChI=1S/C27H44F2O/c1-3-5-19-7-11-21(12-8-19)22-15-17-24(18-16-22)26-25(27(28,29)30-26)23-13-9-20(6-4-2)10-14-23/h4,6,19-26H,3,5,7-18H2,1-2H3/t19?,20?,21?,22?,23?,24?,25-,26-/m0/s1. The van der Waals surface area contributed by atoms with Gasteiger partial charge >= 0.3 is 6.11 Å². The van der Waals surface area contributed by atoms with Gasteiger partial charge in [-0.05, 0) is 107 Å². The van der Waals surface area contributed by atoms with Gasteiger partial charge < -0.3 is 4.74 Å². The predicted molar refractivity (Wildman–Crippen MR) is 119 cm³/mol. The molecule has 0 aromatic carbocycles. The quantitative estimate of drug-likeness (QED) is 0.390. The van der Waals surface area contributed by atoms with Crippen molar-refractivity contribution in [1.82, 2.24) is 0 Å². The summed E-state index contributed by atoms with van der Waals surface area (Å²) in [6, 6.07) is 0. The molecule has 3 aliphatic carbocycles. The van der Waals surface area contributed by atoms with Gasteiger partial charge in [-0.1, -0.05) is 44.8 Å². The maximum absolute atomic E-state index is 14.5. The van der Waals surface area contributed by atoms with Crippen LogP contribution in [0.3, 0.4) is 0 Å². The zero-order valence-electron chi connectivity index (χ0n) is 19.3. The average molecular weight is 423 g/mol. The van der Waals surface area contributed by atoms with E-state index in [9.17, 15) is 8.78 Å². The van der Waals surface area contributed by atoms with Gasteiger partial charge in [-0.3, -0.25) is 0 Å². The van der Waals surface area contributed by atoms with Gasteiger partial charge in [0.15, 0.2) is 0 Å². The Hall–Kier alpha value is -0.440. The summed E-state index contributed by atoms with van der Waals surface area (Å²) in [7, 11) is 0. The Labute approximate surface area is 183 Å². The van der Waals surface area contributed by atoms with Crippen molar-refractivity contribution in [3.63, 3.8) is 0 Å². The largest absolute Gasteiger partial charge is 0.361 e. The van der Waals surface area contributed by atoms with Crippen LogP contribution >= 0.6 is 0 Å². The lowest BCUT2D eigenvalue weighted by Gasteiger charge is -2.53. The second-order valence-corrected chi connectivity index (χ2v) is 11.1. The Morgan fingerprint density at radius 2 is 1.30 bits per heavy atom. The summed E-state index contributed by atoms with van der Waals surface area (Å²) >= 11 is 0. The van der Waals surface area contributed by atoms with Crippen LogP contribution in [-0.4, -0.2) is 12.2 Å². The van der Waals surface area contributed by atoms with E-state index in [2.05, 4.69) is 26.0 Å². The van der Waals surface area contributed by atoms with E-state index in [-0.39, 0.29) is 12.0 Å². The van der Waals surface area contributed by atoms with E-state index in [1.54, 1.807) is 0 Å². The topological polar surface area (TPSA) is 9.23 Å². The smallest absolute Gasteiger partial charge is 0.316 e. The number of rotatable bonds is 6. The minimum Gasteiger partial charge on any atom is -0.316 e. The van der Waals surface area contributed by atoms with Gasteiger partial charge in [0.05, 0.1) is 12.0 Å². The number of alkyl halides is 2. The molecule has 0 aromatic heterocycles. The number of hydrogen-bond acceptors (Lipinski definition) is 1. The maximum atomic E-state index is 14.5. The lowest BCUT2D eigenvalue weighted by atomic mass is 9.64. The van der Waals surface area contributed by atoms with Crippen LogP contribution in [0.15, 0.2) is 12.2 Å². The van der Waals surface area contributed by atoms with Crippen LogP contribution in [0.25, 0.3) is 0 Å². The van der Waals surface area contributed by atoms with Gasteiger partial charge in [-0.15, -0.1) is 0 Å². The molecule has 1 aliphatic heterocycles. The third-order valence-corrected chi connectivity index (χ3v) is 9.36. The monoisotopic (exact) mass is 422 g/mol. The zero-order valence-corrected chi connectivity index (χ0v) is 19.3. The third-order valence-electron chi connectivity index (χ3n) is 9.36. The Morgan fingerprint density at radius 1 is 0.767 bits per heavy atom. The van der Waals surface area contributed by atoms with Crippen molar-refractivity contribution in [2.75, 3.05) is 0 Å². The Morgan fingerprint density at radius 3 is 1.83 bits per heavy atom. The SMILES string of the molecule is CC=CC1CCC([C@H]2[C@H](C3CCC(C4CCC(CCC)CC4)CC3)OC2(F)F)CC1. The maximum Gasteiger partial charge on any atom is 0.361 e. The molecule has 2 atom stereocenters. The van der Waals surface area contributed by atoms with Crippen LogP contribution in [0.4, 0.5) is 8.78 Å². The van der Waals surface area contributed by atoms with Crippen LogP contribution < -0.4 is 0 Å². The molecule has 0 spiro atoms. The first-order chi connectivity index (χ1) is 14.5. The van der Waals surface area contributed by atoms with Gasteiger partial charge in [0.2, 0.25) is 0 Å². The summed E-state index contributed by atoms with van der Waals surface area (Å²) in [5.41, 5.74) is 0. The fraction of sp³-hybridized carbons (Fsp3) is 0.926. The molecule has 1 nitrogen and oxygen atoms in total. The molecule has 3 heteroatoms. The molecule has 1 saturated heterocycles. The minimum absolute atomic E-state index is 0.159. The summed E-state index contributed by atoms with van der Waals surface area (Å²) in [6.45, 7) is 4.36. The van der Waals surface area contributed by atoms with Gasteiger partial charge in [0, 0.05) is 0 Å². The van der Waals surface area contributed by atoms with E-state index in [1.807, 2.05) is 0 Å². The van der Waals surface area contributed by atoms with Gasteiger partial charge in [0.1, 0.15) is 0 Å². The lowest BCUT2D eigenvalue weighted by molar-refractivity contribution is -0.418. The Kier molecular flexibility index (Phi) is 7.59. The molecule has 4 aliphatic rings. The Bertz CT molecular complexity index is 549. The summed E-state index contributed by atoms with van der Waals surface area (Å²) in [5.74, 6) is 3.33. The van der Waals surface area contributed by atoms with E-state index < -0.39 is 12.0 Å². The molecule has 0 amide bonds. The van der Waals surface area contributed by atoms with E-state index in [1.165, 1.54) is 51.4 Å². The number of ether oxygens (including phenoxy) is 1. The van der Waals surface area contributed by atoms with Crippen molar-refractivity contribution in [2.24, 2.45) is 41.4 Å². The predicted octanol–water partition coefficient (Wildman–Crippen LogP) is 8.39. The molecule has 0 N–H and O–H groups in total. The van der Waals surface area contributed by atoms with Crippen LogP contribution in [0, 0.1) is 41.4 Å². The second-order valence-electron chi connectivity index (χ2n) is 11.1. The molecule has 0 unspecified atom stereocenters. The summed E-state index contributed by atoms with van der Waals surface area (Å²) in [4.78, 5) is 0. The molecular weight excluding hydrogens is 378 g/mol. The molecule has 4 rings (SSSR count). The number of allylic oxidation sites excluding steroid dienone is 2. The van der Waals surface area contributed by atoms with E-state index in [0.29, 0.717) is 11.8 Å². The van der Waals surface area contributed by atoms with Crippen LogP contribution in [0.2, 0.25) is 0 Å². The van der Waals surface area contributed by atoms with E-state index in [0.717, 1.165) is 56.3 Å². The molecular formula is C27H44F2O. The Balaban J connectivity index is 1.26.